The van der Waals surface area contributed by atoms with Crippen molar-refractivity contribution in [2.24, 2.45) is 0 Å². The molecule has 0 atom stereocenters. The van der Waals surface area contributed by atoms with Crippen molar-refractivity contribution in [1.29, 1.82) is 0 Å². The van der Waals surface area contributed by atoms with Crippen molar-refractivity contribution in [2.75, 3.05) is 5.32 Å². The second kappa shape index (κ2) is 8.78. The number of carbonyl (C=O) groups excluding carboxylic acids is 2. The maximum atomic E-state index is 12.5. The smallest absolute Gasteiger partial charge is 0.276 e. The molecular weight excluding hydrogens is 398 g/mol. The number of rotatable bonds is 6. The van der Waals surface area contributed by atoms with Crippen LogP contribution in [0.1, 0.15) is 46.5 Å². The molecule has 1 saturated carbocycles. The molecule has 9 heteroatoms. The largest absolute Gasteiger partial charge is 0.349 e. The third-order valence-electron chi connectivity index (χ3n) is 5.22. The van der Waals surface area contributed by atoms with Gasteiger partial charge in [0, 0.05) is 35.6 Å². The van der Waals surface area contributed by atoms with Crippen LogP contribution in [0.2, 0.25) is 0 Å². The van der Waals surface area contributed by atoms with Gasteiger partial charge in [-0.1, -0.05) is 18.9 Å². The molecule has 2 aromatic carbocycles. The van der Waals surface area contributed by atoms with Crippen LogP contribution in [-0.4, -0.2) is 32.6 Å². The van der Waals surface area contributed by atoms with Gasteiger partial charge in [0.2, 0.25) is 0 Å². The highest BCUT2D eigenvalue weighted by atomic mass is 16.6. The van der Waals surface area contributed by atoms with Crippen LogP contribution >= 0.6 is 0 Å². The fourth-order valence-corrected chi connectivity index (χ4v) is 3.58. The first kappa shape index (κ1) is 20.3. The van der Waals surface area contributed by atoms with Crippen molar-refractivity contribution in [2.45, 2.75) is 31.7 Å². The van der Waals surface area contributed by atoms with E-state index in [-0.39, 0.29) is 23.3 Å². The summed E-state index contributed by atoms with van der Waals surface area (Å²) in [5.74, 6) is -0.534. The van der Waals surface area contributed by atoms with Crippen LogP contribution < -0.4 is 10.6 Å². The first-order valence-electron chi connectivity index (χ1n) is 10.0. The highest BCUT2D eigenvalue weighted by Gasteiger charge is 2.18. The Morgan fingerprint density at radius 1 is 1.03 bits per heavy atom. The lowest BCUT2D eigenvalue weighted by atomic mass is 10.1. The molecule has 0 unspecified atom stereocenters. The standard InChI is InChI=1S/C22H21N5O4/c28-21(23-16-4-1-2-5-16)15-8-10-17(11-9-15)24-22(29)20-12-13-26(25-20)18-6-3-7-19(14-18)27(30)31/h3,6-14,16H,1-2,4-5H2,(H,23,28)(H,24,29). The summed E-state index contributed by atoms with van der Waals surface area (Å²) < 4.78 is 1.40. The van der Waals surface area contributed by atoms with Crippen molar-refractivity contribution < 1.29 is 14.5 Å². The van der Waals surface area contributed by atoms with Gasteiger partial charge in [-0.25, -0.2) is 4.68 Å². The van der Waals surface area contributed by atoms with Gasteiger partial charge in [0.1, 0.15) is 0 Å². The topological polar surface area (TPSA) is 119 Å². The molecule has 0 radical (unpaired) electrons. The summed E-state index contributed by atoms with van der Waals surface area (Å²) in [6, 6.07) is 14.4. The van der Waals surface area contributed by atoms with Crippen LogP contribution in [0.5, 0.6) is 0 Å². The molecule has 2 amide bonds. The number of nitrogens with zero attached hydrogens (tertiary/aromatic N) is 3. The van der Waals surface area contributed by atoms with E-state index in [2.05, 4.69) is 15.7 Å². The lowest BCUT2D eigenvalue weighted by Crippen LogP contribution is -2.32. The monoisotopic (exact) mass is 419 g/mol. The lowest BCUT2D eigenvalue weighted by Gasteiger charge is -2.12. The fraction of sp³-hybridized carbons (Fsp3) is 0.227. The zero-order valence-corrected chi connectivity index (χ0v) is 16.7. The molecule has 1 fully saturated rings. The van der Waals surface area contributed by atoms with Crippen molar-refractivity contribution in [1.82, 2.24) is 15.1 Å². The summed E-state index contributed by atoms with van der Waals surface area (Å²) >= 11 is 0. The Morgan fingerprint density at radius 3 is 2.48 bits per heavy atom. The lowest BCUT2D eigenvalue weighted by molar-refractivity contribution is -0.384. The van der Waals surface area contributed by atoms with Gasteiger partial charge in [-0.2, -0.15) is 5.10 Å². The van der Waals surface area contributed by atoms with E-state index in [1.54, 1.807) is 42.6 Å². The predicted molar refractivity (Wildman–Crippen MR) is 114 cm³/mol. The Labute approximate surface area is 178 Å². The number of nitro benzene ring substituents is 1. The zero-order chi connectivity index (χ0) is 21.8. The van der Waals surface area contributed by atoms with Gasteiger partial charge < -0.3 is 10.6 Å². The molecule has 3 aromatic rings. The molecule has 4 rings (SSSR count). The highest BCUT2D eigenvalue weighted by Crippen LogP contribution is 2.19. The van der Waals surface area contributed by atoms with Crippen LogP contribution in [0.4, 0.5) is 11.4 Å². The van der Waals surface area contributed by atoms with Crippen molar-refractivity contribution in [3.05, 3.63) is 82.2 Å². The van der Waals surface area contributed by atoms with Gasteiger partial charge >= 0.3 is 0 Å². The second-order valence-electron chi connectivity index (χ2n) is 7.41. The first-order valence-corrected chi connectivity index (χ1v) is 10.0. The minimum Gasteiger partial charge on any atom is -0.349 e. The number of benzene rings is 2. The van der Waals surface area contributed by atoms with Crippen molar-refractivity contribution >= 4 is 23.2 Å². The molecule has 0 spiro atoms. The van der Waals surface area contributed by atoms with Crippen LogP contribution in [0.3, 0.4) is 0 Å². The molecule has 158 valence electrons. The summed E-state index contributed by atoms with van der Waals surface area (Å²) in [6.07, 6.45) is 5.88. The number of nitro groups is 1. The third kappa shape index (κ3) is 4.77. The number of nitrogens with one attached hydrogen (secondary N) is 2. The van der Waals surface area contributed by atoms with Crippen molar-refractivity contribution in [3.8, 4) is 5.69 Å². The van der Waals surface area contributed by atoms with E-state index in [0.29, 0.717) is 16.9 Å². The molecule has 9 nitrogen and oxygen atoms in total. The zero-order valence-electron chi connectivity index (χ0n) is 16.7. The summed E-state index contributed by atoms with van der Waals surface area (Å²) in [7, 11) is 0. The van der Waals surface area contributed by atoms with Crippen LogP contribution in [0.25, 0.3) is 5.69 Å². The van der Waals surface area contributed by atoms with Crippen LogP contribution in [0.15, 0.2) is 60.8 Å². The van der Waals surface area contributed by atoms with Crippen LogP contribution in [0, 0.1) is 10.1 Å². The quantitative estimate of drug-likeness (QED) is 0.466. The number of amides is 2. The Bertz CT molecular complexity index is 1120. The Morgan fingerprint density at radius 2 is 1.77 bits per heavy atom. The van der Waals surface area contributed by atoms with Gasteiger partial charge in [-0.3, -0.25) is 19.7 Å². The Kier molecular flexibility index (Phi) is 5.74. The van der Waals surface area contributed by atoms with E-state index in [9.17, 15) is 19.7 Å². The van der Waals surface area contributed by atoms with E-state index < -0.39 is 10.8 Å². The average Bonchev–Trinajstić information content (AvgIpc) is 3.46. The molecule has 1 heterocycles. The number of aromatic nitrogens is 2. The SMILES string of the molecule is O=C(NC1CCCC1)c1ccc(NC(=O)c2ccn(-c3cccc([N+](=O)[O-])c3)n2)cc1. The number of anilines is 1. The molecule has 0 bridgehead atoms. The molecule has 0 aliphatic heterocycles. The highest BCUT2D eigenvalue weighted by molar-refractivity contribution is 6.03. The minimum atomic E-state index is -0.488. The van der Waals surface area contributed by atoms with Crippen molar-refractivity contribution in [3.63, 3.8) is 0 Å². The molecule has 0 saturated heterocycles. The molecule has 2 N–H and O–H groups in total. The first-order chi connectivity index (χ1) is 15.0. The minimum absolute atomic E-state index is 0.0592. The summed E-state index contributed by atoms with van der Waals surface area (Å²) in [5.41, 5.74) is 1.66. The average molecular weight is 419 g/mol. The summed E-state index contributed by atoms with van der Waals surface area (Å²) in [4.78, 5) is 35.3. The summed E-state index contributed by atoms with van der Waals surface area (Å²) in [5, 5.41) is 20.9. The van der Waals surface area contributed by atoms with E-state index in [4.69, 9.17) is 0 Å². The van der Waals surface area contributed by atoms with Gasteiger partial charge in [0.25, 0.3) is 17.5 Å². The van der Waals surface area contributed by atoms with E-state index in [0.717, 1.165) is 25.7 Å². The summed E-state index contributed by atoms with van der Waals surface area (Å²) in [6.45, 7) is 0. The van der Waals surface area contributed by atoms with E-state index >= 15 is 0 Å². The van der Waals surface area contributed by atoms with E-state index in [1.807, 2.05) is 0 Å². The number of non-ortho nitro benzene ring substituents is 1. The third-order valence-corrected chi connectivity index (χ3v) is 5.22. The molecule has 1 aliphatic rings. The Hall–Kier alpha value is -4.01. The fourth-order valence-electron chi connectivity index (χ4n) is 3.58. The molecular formula is C22H21N5O4. The maximum Gasteiger partial charge on any atom is 0.276 e. The number of hydrogen-bond donors (Lipinski definition) is 2. The van der Waals surface area contributed by atoms with E-state index in [1.165, 1.54) is 22.9 Å². The van der Waals surface area contributed by atoms with Gasteiger partial charge in [0.05, 0.1) is 10.6 Å². The van der Waals surface area contributed by atoms with Gasteiger partial charge in [0.15, 0.2) is 5.69 Å². The molecule has 1 aromatic heterocycles. The van der Waals surface area contributed by atoms with Gasteiger partial charge in [-0.05, 0) is 49.2 Å². The normalized spacial score (nSPS) is 13.7. The van der Waals surface area contributed by atoms with Gasteiger partial charge in [-0.15, -0.1) is 0 Å². The second-order valence-corrected chi connectivity index (χ2v) is 7.41. The maximum absolute atomic E-state index is 12.5. The molecule has 1 aliphatic carbocycles. The van der Waals surface area contributed by atoms with Crippen LogP contribution in [-0.2, 0) is 0 Å². The molecule has 31 heavy (non-hydrogen) atoms. The number of hydrogen-bond acceptors (Lipinski definition) is 5. The number of carbonyl (C=O) groups is 2. The predicted octanol–water partition coefficient (Wildman–Crippen LogP) is 3.71. The Balaban J connectivity index is 1.40.